The molecular formula is C29H25ClN2O2. The number of allylic oxidation sites excluding steroid dienone is 1. The van der Waals surface area contributed by atoms with E-state index in [-0.39, 0.29) is 5.91 Å². The van der Waals surface area contributed by atoms with Crippen LogP contribution in [0, 0.1) is 24.2 Å². The maximum absolute atomic E-state index is 13.1. The fourth-order valence-electron chi connectivity index (χ4n) is 3.69. The van der Waals surface area contributed by atoms with E-state index in [1.54, 1.807) is 18.2 Å². The van der Waals surface area contributed by atoms with Crippen LogP contribution in [0.25, 0.3) is 33.9 Å². The summed E-state index contributed by atoms with van der Waals surface area (Å²) in [4.78, 5) is 13.1. The molecule has 0 aliphatic heterocycles. The first-order valence-corrected chi connectivity index (χ1v) is 11.5. The molecule has 5 heteroatoms. The van der Waals surface area contributed by atoms with Gasteiger partial charge in [0.1, 0.15) is 11.3 Å². The third-order valence-electron chi connectivity index (χ3n) is 5.51. The predicted octanol–water partition coefficient (Wildman–Crippen LogP) is 7.51. The topological polar surface area (TPSA) is 66.0 Å². The van der Waals surface area contributed by atoms with E-state index in [0.29, 0.717) is 45.4 Å². The van der Waals surface area contributed by atoms with Gasteiger partial charge >= 0.3 is 0 Å². The summed E-state index contributed by atoms with van der Waals surface area (Å²) in [5.74, 6) is 0.593. The smallest absolute Gasteiger partial charge is 0.255 e. The van der Waals surface area contributed by atoms with Crippen molar-refractivity contribution in [3.8, 4) is 17.4 Å². The molecule has 0 atom stereocenters. The van der Waals surface area contributed by atoms with E-state index in [4.69, 9.17) is 16.0 Å². The fraction of sp³-hybridized carbons (Fsp3) is 0.172. The van der Waals surface area contributed by atoms with Crippen molar-refractivity contribution >= 4 is 40.1 Å². The molecule has 4 rings (SSSR count). The Morgan fingerprint density at radius 1 is 1.09 bits per heavy atom. The largest absolute Gasteiger partial charge is 0.455 e. The average Bonchev–Trinajstić information content (AvgIpc) is 3.21. The van der Waals surface area contributed by atoms with Gasteiger partial charge in [-0.25, -0.2) is 0 Å². The molecule has 4 aromatic rings. The lowest BCUT2D eigenvalue weighted by molar-refractivity contribution is 0.0950. The molecule has 0 saturated carbocycles. The molecule has 0 aliphatic carbocycles. The number of amides is 1. The van der Waals surface area contributed by atoms with E-state index in [0.717, 1.165) is 16.7 Å². The maximum atomic E-state index is 13.1. The van der Waals surface area contributed by atoms with Crippen LogP contribution in [0.15, 0.2) is 71.1 Å². The summed E-state index contributed by atoms with van der Waals surface area (Å²) in [6.07, 6.45) is 1.86. The highest BCUT2D eigenvalue weighted by atomic mass is 35.5. The van der Waals surface area contributed by atoms with Crippen LogP contribution in [0.5, 0.6) is 0 Å². The van der Waals surface area contributed by atoms with Gasteiger partial charge in [-0.2, -0.15) is 5.26 Å². The summed E-state index contributed by atoms with van der Waals surface area (Å²) < 4.78 is 6.10. The molecule has 0 unspecified atom stereocenters. The number of aryl methyl sites for hydroxylation is 1. The number of carbonyl (C=O) groups is 1. The van der Waals surface area contributed by atoms with Gasteiger partial charge in [-0.1, -0.05) is 79.5 Å². The Morgan fingerprint density at radius 3 is 2.44 bits per heavy atom. The number of nitrogens with zero attached hydrogens (tertiary/aromatic N) is 1. The average molecular weight is 469 g/mol. The zero-order chi connectivity index (χ0) is 24.2. The zero-order valence-corrected chi connectivity index (χ0v) is 20.1. The number of furan rings is 1. The van der Waals surface area contributed by atoms with Crippen LogP contribution in [0.2, 0.25) is 5.02 Å². The molecule has 1 heterocycles. The van der Waals surface area contributed by atoms with Gasteiger partial charge in [0.05, 0.1) is 17.2 Å². The van der Waals surface area contributed by atoms with Crippen LogP contribution < -0.4 is 5.32 Å². The van der Waals surface area contributed by atoms with Crippen LogP contribution >= 0.6 is 11.6 Å². The molecule has 1 N–H and O–H groups in total. The minimum absolute atomic E-state index is 0.203. The van der Waals surface area contributed by atoms with Gasteiger partial charge in [0.2, 0.25) is 0 Å². The minimum Gasteiger partial charge on any atom is -0.455 e. The monoisotopic (exact) mass is 468 g/mol. The second kappa shape index (κ2) is 9.99. The van der Waals surface area contributed by atoms with Crippen molar-refractivity contribution in [2.75, 3.05) is 6.54 Å². The Balaban J connectivity index is 1.73. The normalized spacial score (nSPS) is 11.6. The van der Waals surface area contributed by atoms with Crippen molar-refractivity contribution in [1.82, 2.24) is 5.32 Å². The van der Waals surface area contributed by atoms with Crippen LogP contribution in [0.1, 0.15) is 40.9 Å². The van der Waals surface area contributed by atoms with Crippen molar-refractivity contribution in [3.05, 3.63) is 94.0 Å². The molecular weight excluding hydrogens is 444 g/mol. The zero-order valence-electron chi connectivity index (χ0n) is 19.4. The third kappa shape index (κ3) is 5.06. The molecule has 0 spiro atoms. The van der Waals surface area contributed by atoms with Crippen LogP contribution in [0.4, 0.5) is 0 Å². The second-order valence-corrected chi connectivity index (χ2v) is 9.14. The van der Waals surface area contributed by atoms with Gasteiger partial charge < -0.3 is 9.73 Å². The quantitative estimate of drug-likeness (QED) is 0.235. The molecule has 0 fully saturated rings. The van der Waals surface area contributed by atoms with Crippen molar-refractivity contribution < 1.29 is 9.21 Å². The Morgan fingerprint density at radius 2 is 1.79 bits per heavy atom. The lowest BCUT2D eigenvalue weighted by Gasteiger charge is -2.09. The minimum atomic E-state index is -0.203. The SMILES string of the molecule is Cc1ccc(/C=C(\C#N)c2ccc(-c3oc4ccc(Cl)cc4c3C(=O)NCC(C)C)cc2)cc1. The van der Waals surface area contributed by atoms with Gasteiger partial charge in [-0.3, -0.25) is 4.79 Å². The molecule has 1 amide bonds. The summed E-state index contributed by atoms with van der Waals surface area (Å²) >= 11 is 6.21. The summed E-state index contributed by atoms with van der Waals surface area (Å²) in [7, 11) is 0. The highest BCUT2D eigenvalue weighted by molar-refractivity contribution is 6.31. The number of nitriles is 1. The van der Waals surface area contributed by atoms with E-state index >= 15 is 0 Å². The number of benzene rings is 3. The molecule has 34 heavy (non-hydrogen) atoms. The summed E-state index contributed by atoms with van der Waals surface area (Å²) in [6.45, 7) is 6.67. The number of hydrogen-bond acceptors (Lipinski definition) is 3. The Kier molecular flexibility index (Phi) is 6.86. The van der Waals surface area contributed by atoms with E-state index in [2.05, 4.69) is 11.4 Å². The number of halogens is 1. The Labute approximate surface area is 204 Å². The standard InChI is InChI=1S/C29H25ClN2O2/c1-18(2)17-32-29(33)27-25-15-24(30)12-13-26(25)34-28(27)22-10-8-21(9-11-22)23(16-31)14-20-6-4-19(3)5-7-20/h4-15,18H,17H2,1-3H3,(H,32,33)/b23-14+. The molecule has 0 radical (unpaired) electrons. The van der Waals surface area contributed by atoms with Crippen LogP contribution in [0.3, 0.4) is 0 Å². The van der Waals surface area contributed by atoms with E-state index < -0.39 is 0 Å². The highest BCUT2D eigenvalue weighted by Gasteiger charge is 2.22. The van der Waals surface area contributed by atoms with Gasteiger partial charge in [0.25, 0.3) is 5.91 Å². The second-order valence-electron chi connectivity index (χ2n) is 8.71. The van der Waals surface area contributed by atoms with E-state index in [1.165, 1.54) is 5.56 Å². The summed E-state index contributed by atoms with van der Waals surface area (Å²) in [5, 5.41) is 13.9. The number of carbonyl (C=O) groups excluding carboxylic acids is 1. The van der Waals surface area contributed by atoms with E-state index in [1.807, 2.05) is 75.4 Å². The number of hydrogen-bond donors (Lipinski definition) is 1. The lowest BCUT2D eigenvalue weighted by Crippen LogP contribution is -2.27. The molecule has 1 aromatic heterocycles. The molecule has 0 saturated heterocycles. The number of rotatable bonds is 6. The first kappa shape index (κ1) is 23.4. The van der Waals surface area contributed by atoms with Crippen molar-refractivity contribution in [1.29, 1.82) is 5.26 Å². The van der Waals surface area contributed by atoms with Gasteiger partial charge in [0.15, 0.2) is 0 Å². The molecule has 4 nitrogen and oxygen atoms in total. The van der Waals surface area contributed by atoms with Gasteiger partial charge in [-0.15, -0.1) is 0 Å². The van der Waals surface area contributed by atoms with E-state index in [9.17, 15) is 10.1 Å². The Bertz CT molecular complexity index is 1410. The van der Waals surface area contributed by atoms with Crippen molar-refractivity contribution in [2.45, 2.75) is 20.8 Å². The molecule has 0 bridgehead atoms. The van der Waals surface area contributed by atoms with Gasteiger partial charge in [-0.05, 0) is 48.2 Å². The summed E-state index contributed by atoms with van der Waals surface area (Å²) in [5.41, 5.74) is 5.28. The predicted molar refractivity (Wildman–Crippen MR) is 138 cm³/mol. The molecule has 3 aromatic carbocycles. The van der Waals surface area contributed by atoms with Crippen molar-refractivity contribution in [2.24, 2.45) is 5.92 Å². The van der Waals surface area contributed by atoms with Crippen LogP contribution in [-0.2, 0) is 0 Å². The maximum Gasteiger partial charge on any atom is 0.255 e. The first-order valence-electron chi connectivity index (χ1n) is 11.1. The van der Waals surface area contributed by atoms with Gasteiger partial charge in [0, 0.05) is 22.5 Å². The Hall–Kier alpha value is -3.81. The highest BCUT2D eigenvalue weighted by Crippen LogP contribution is 2.35. The number of fused-ring (bicyclic) bond motifs is 1. The first-order chi connectivity index (χ1) is 16.4. The van der Waals surface area contributed by atoms with Crippen LogP contribution in [-0.4, -0.2) is 12.5 Å². The fourth-order valence-corrected chi connectivity index (χ4v) is 3.87. The number of nitrogens with one attached hydrogen (secondary N) is 1. The molecule has 0 aliphatic rings. The van der Waals surface area contributed by atoms with Crippen molar-refractivity contribution in [3.63, 3.8) is 0 Å². The lowest BCUT2D eigenvalue weighted by atomic mass is 9.99. The third-order valence-corrected chi connectivity index (χ3v) is 5.75. The summed E-state index contributed by atoms with van der Waals surface area (Å²) in [6, 6.07) is 23.0. The molecule has 170 valence electrons.